The summed E-state index contributed by atoms with van der Waals surface area (Å²) in [5, 5.41) is 0. The average Bonchev–Trinajstić information content (AvgIpc) is 2.86. The van der Waals surface area contributed by atoms with Gasteiger partial charge in [0.15, 0.2) is 9.84 Å². The fraction of sp³-hybridized carbons (Fsp3) is 0.444. The molecule has 2 aromatic rings. The molecular formula is C18H21N3O3S. The summed E-state index contributed by atoms with van der Waals surface area (Å²) in [7, 11) is -3.09. The third kappa shape index (κ3) is 3.02. The second-order valence-electron chi connectivity index (χ2n) is 6.81. The molecule has 2 saturated heterocycles. The molecule has 2 aliphatic heterocycles. The SMILES string of the molecule is O=S1(=O)CCC(COc2ccccn2)C12CN(Cc1ccccn1)C2. The van der Waals surface area contributed by atoms with Crippen molar-refractivity contribution in [2.24, 2.45) is 5.92 Å². The molecule has 2 aliphatic rings. The summed E-state index contributed by atoms with van der Waals surface area (Å²) in [6.45, 7) is 2.20. The van der Waals surface area contributed by atoms with Gasteiger partial charge < -0.3 is 4.74 Å². The minimum atomic E-state index is -3.09. The molecule has 0 radical (unpaired) electrons. The van der Waals surface area contributed by atoms with Crippen LogP contribution in [-0.4, -0.2) is 53.5 Å². The number of aromatic nitrogens is 2. The van der Waals surface area contributed by atoms with E-state index in [1.54, 1.807) is 18.5 Å². The van der Waals surface area contributed by atoms with Crippen molar-refractivity contribution >= 4 is 9.84 Å². The second-order valence-corrected chi connectivity index (χ2v) is 9.27. The molecule has 132 valence electrons. The first-order valence-electron chi connectivity index (χ1n) is 8.47. The maximum atomic E-state index is 12.7. The van der Waals surface area contributed by atoms with Crippen LogP contribution in [0.3, 0.4) is 0 Å². The number of hydrogen-bond donors (Lipinski definition) is 0. The normalized spacial score (nSPS) is 24.1. The molecular weight excluding hydrogens is 338 g/mol. The van der Waals surface area contributed by atoms with Crippen molar-refractivity contribution < 1.29 is 13.2 Å². The smallest absolute Gasteiger partial charge is 0.213 e. The molecule has 0 amide bonds. The van der Waals surface area contributed by atoms with Gasteiger partial charge in [-0.2, -0.15) is 0 Å². The lowest BCUT2D eigenvalue weighted by Crippen LogP contribution is -2.67. The van der Waals surface area contributed by atoms with E-state index in [2.05, 4.69) is 14.9 Å². The van der Waals surface area contributed by atoms with E-state index in [0.29, 0.717) is 38.5 Å². The first kappa shape index (κ1) is 16.5. The third-order valence-electron chi connectivity index (χ3n) is 5.26. The highest BCUT2D eigenvalue weighted by atomic mass is 32.2. The van der Waals surface area contributed by atoms with E-state index in [0.717, 1.165) is 5.69 Å². The highest BCUT2D eigenvalue weighted by Crippen LogP contribution is 2.45. The van der Waals surface area contributed by atoms with Gasteiger partial charge in [0.25, 0.3) is 0 Å². The lowest BCUT2D eigenvalue weighted by Gasteiger charge is -2.49. The van der Waals surface area contributed by atoms with Crippen molar-refractivity contribution in [3.8, 4) is 5.88 Å². The van der Waals surface area contributed by atoms with Crippen molar-refractivity contribution in [2.45, 2.75) is 17.7 Å². The Kier molecular flexibility index (Phi) is 4.21. The van der Waals surface area contributed by atoms with Gasteiger partial charge in [0.05, 0.1) is 18.1 Å². The van der Waals surface area contributed by atoms with E-state index < -0.39 is 14.6 Å². The lowest BCUT2D eigenvalue weighted by atomic mass is 9.83. The van der Waals surface area contributed by atoms with E-state index in [1.807, 2.05) is 30.3 Å². The van der Waals surface area contributed by atoms with Crippen molar-refractivity contribution in [3.05, 3.63) is 54.5 Å². The number of pyridine rings is 2. The van der Waals surface area contributed by atoms with Gasteiger partial charge in [-0.05, 0) is 24.6 Å². The van der Waals surface area contributed by atoms with Crippen LogP contribution in [0.4, 0.5) is 0 Å². The predicted octanol–water partition coefficient (Wildman–Crippen LogP) is 1.54. The van der Waals surface area contributed by atoms with Crippen molar-refractivity contribution in [1.29, 1.82) is 0 Å². The Labute approximate surface area is 147 Å². The van der Waals surface area contributed by atoms with Gasteiger partial charge in [0.2, 0.25) is 5.88 Å². The Balaban J connectivity index is 1.43. The van der Waals surface area contributed by atoms with Gasteiger partial charge in [-0.25, -0.2) is 13.4 Å². The minimum absolute atomic E-state index is 0.0134. The largest absolute Gasteiger partial charge is 0.477 e. The summed E-state index contributed by atoms with van der Waals surface area (Å²) < 4.78 is 30.4. The number of likely N-dealkylation sites (tertiary alicyclic amines) is 1. The fourth-order valence-electron chi connectivity index (χ4n) is 3.87. The molecule has 0 saturated carbocycles. The Hall–Kier alpha value is -1.99. The van der Waals surface area contributed by atoms with Gasteiger partial charge in [0, 0.05) is 44.0 Å². The lowest BCUT2D eigenvalue weighted by molar-refractivity contribution is 0.0572. The Morgan fingerprint density at radius 2 is 1.88 bits per heavy atom. The third-order valence-corrected chi connectivity index (χ3v) is 7.87. The first-order valence-corrected chi connectivity index (χ1v) is 10.1. The van der Waals surface area contributed by atoms with Crippen LogP contribution in [0.25, 0.3) is 0 Å². The molecule has 0 aromatic carbocycles. The summed E-state index contributed by atoms with van der Waals surface area (Å²) >= 11 is 0. The number of nitrogens with zero attached hydrogens (tertiary/aromatic N) is 3. The highest BCUT2D eigenvalue weighted by Gasteiger charge is 2.61. The van der Waals surface area contributed by atoms with Crippen LogP contribution in [0.1, 0.15) is 12.1 Å². The van der Waals surface area contributed by atoms with E-state index in [-0.39, 0.29) is 11.7 Å². The van der Waals surface area contributed by atoms with Crippen molar-refractivity contribution in [2.75, 3.05) is 25.4 Å². The van der Waals surface area contributed by atoms with E-state index >= 15 is 0 Å². The van der Waals surface area contributed by atoms with Gasteiger partial charge in [-0.15, -0.1) is 0 Å². The zero-order chi connectivity index (χ0) is 17.3. The quantitative estimate of drug-likeness (QED) is 0.806. The predicted molar refractivity (Wildman–Crippen MR) is 93.9 cm³/mol. The summed E-state index contributed by atoms with van der Waals surface area (Å²) in [6, 6.07) is 11.3. The Morgan fingerprint density at radius 3 is 2.56 bits per heavy atom. The van der Waals surface area contributed by atoms with Crippen LogP contribution in [0.2, 0.25) is 0 Å². The maximum absolute atomic E-state index is 12.7. The minimum Gasteiger partial charge on any atom is -0.477 e. The Morgan fingerprint density at radius 1 is 1.12 bits per heavy atom. The van der Waals surface area contributed by atoms with Gasteiger partial charge in [-0.3, -0.25) is 9.88 Å². The summed E-state index contributed by atoms with van der Waals surface area (Å²) in [5.41, 5.74) is 0.967. The molecule has 1 spiro atoms. The van der Waals surface area contributed by atoms with Crippen LogP contribution >= 0.6 is 0 Å². The molecule has 0 bridgehead atoms. The van der Waals surface area contributed by atoms with Gasteiger partial charge in [0.1, 0.15) is 4.75 Å². The molecule has 6 nitrogen and oxygen atoms in total. The van der Waals surface area contributed by atoms with Gasteiger partial charge >= 0.3 is 0 Å². The zero-order valence-electron chi connectivity index (χ0n) is 13.9. The maximum Gasteiger partial charge on any atom is 0.213 e. The molecule has 7 heteroatoms. The number of ether oxygens (including phenoxy) is 1. The molecule has 25 heavy (non-hydrogen) atoms. The van der Waals surface area contributed by atoms with E-state index in [9.17, 15) is 8.42 Å². The summed E-state index contributed by atoms with van der Waals surface area (Å²) in [5.74, 6) is 0.812. The topological polar surface area (TPSA) is 72.4 Å². The molecule has 2 fully saturated rings. The van der Waals surface area contributed by atoms with Gasteiger partial charge in [-0.1, -0.05) is 12.1 Å². The monoisotopic (exact) mass is 359 g/mol. The highest BCUT2D eigenvalue weighted by molar-refractivity contribution is 7.93. The molecule has 1 unspecified atom stereocenters. The average molecular weight is 359 g/mol. The van der Waals surface area contributed by atoms with Crippen molar-refractivity contribution in [1.82, 2.24) is 14.9 Å². The first-order chi connectivity index (χ1) is 12.1. The molecule has 1 atom stereocenters. The van der Waals surface area contributed by atoms with Crippen LogP contribution in [0.15, 0.2) is 48.8 Å². The zero-order valence-corrected chi connectivity index (χ0v) is 14.7. The number of rotatable bonds is 5. The van der Waals surface area contributed by atoms with Crippen LogP contribution in [0.5, 0.6) is 5.88 Å². The second kappa shape index (κ2) is 6.38. The number of hydrogen-bond acceptors (Lipinski definition) is 6. The van der Waals surface area contributed by atoms with Crippen LogP contribution < -0.4 is 4.74 Å². The van der Waals surface area contributed by atoms with Crippen molar-refractivity contribution in [3.63, 3.8) is 0 Å². The fourth-order valence-corrected chi connectivity index (χ4v) is 6.32. The van der Waals surface area contributed by atoms with Crippen LogP contribution in [-0.2, 0) is 16.4 Å². The molecule has 4 rings (SSSR count). The molecule has 4 heterocycles. The molecule has 0 aliphatic carbocycles. The Bertz CT molecular complexity index is 821. The number of sulfone groups is 1. The summed E-state index contributed by atoms with van der Waals surface area (Å²) in [6.07, 6.45) is 4.10. The van der Waals surface area contributed by atoms with E-state index in [1.165, 1.54) is 0 Å². The molecule has 0 N–H and O–H groups in total. The summed E-state index contributed by atoms with van der Waals surface area (Å²) in [4.78, 5) is 10.6. The molecule has 2 aromatic heterocycles. The standard InChI is InChI=1S/C18H21N3O3S/c22-25(23)10-7-15(12-24-17-6-2-4-9-20-17)18(25)13-21(14-18)11-16-5-1-3-8-19-16/h1-6,8-9,15H,7,10-14H2. The van der Waals surface area contributed by atoms with Crippen LogP contribution in [0, 0.1) is 5.92 Å². The van der Waals surface area contributed by atoms with E-state index in [4.69, 9.17) is 4.74 Å².